The lowest BCUT2D eigenvalue weighted by Crippen LogP contribution is -2.31. The van der Waals surface area contributed by atoms with Gasteiger partial charge in [0.15, 0.2) is 0 Å². The smallest absolute Gasteiger partial charge is 0.317 e. The van der Waals surface area contributed by atoms with Gasteiger partial charge >= 0.3 is 6.03 Å². The van der Waals surface area contributed by atoms with Gasteiger partial charge in [-0.3, -0.25) is 0 Å². The molecular formula is C16H23N3O2. The van der Waals surface area contributed by atoms with Gasteiger partial charge in [-0.05, 0) is 42.6 Å². The summed E-state index contributed by atoms with van der Waals surface area (Å²) in [5.74, 6) is 0.908. The Hall–Kier alpha value is -1.75. The maximum Gasteiger partial charge on any atom is 0.317 e. The summed E-state index contributed by atoms with van der Waals surface area (Å²) < 4.78 is 5.79. The van der Waals surface area contributed by atoms with Gasteiger partial charge in [0, 0.05) is 19.1 Å². The second kappa shape index (κ2) is 6.35. The molecule has 0 bridgehead atoms. The minimum Gasteiger partial charge on any atom is -0.492 e. The Morgan fingerprint density at radius 1 is 1.48 bits per heavy atom. The fourth-order valence-electron chi connectivity index (χ4n) is 3.14. The quantitative estimate of drug-likeness (QED) is 0.838. The van der Waals surface area contributed by atoms with Crippen LogP contribution in [0, 0.1) is 0 Å². The van der Waals surface area contributed by atoms with E-state index in [1.54, 1.807) is 4.90 Å². The van der Waals surface area contributed by atoms with Crippen molar-refractivity contribution in [3.8, 4) is 5.75 Å². The molecule has 0 spiro atoms. The van der Waals surface area contributed by atoms with Crippen LogP contribution in [0.5, 0.6) is 5.75 Å². The number of hydrogen-bond donors (Lipinski definition) is 2. The molecule has 0 aromatic heterocycles. The van der Waals surface area contributed by atoms with Crippen molar-refractivity contribution in [3.05, 3.63) is 29.3 Å². The van der Waals surface area contributed by atoms with Gasteiger partial charge in [-0.25, -0.2) is 4.79 Å². The Morgan fingerprint density at radius 2 is 2.38 bits per heavy atom. The van der Waals surface area contributed by atoms with Gasteiger partial charge in [-0.1, -0.05) is 13.0 Å². The van der Waals surface area contributed by atoms with Crippen LogP contribution in [-0.2, 0) is 6.42 Å². The molecule has 3 rings (SSSR count). The molecule has 114 valence electrons. The largest absolute Gasteiger partial charge is 0.492 e. The number of carbonyl (C=O) groups excluding carboxylic acids is 1. The molecule has 5 heteroatoms. The highest BCUT2D eigenvalue weighted by Gasteiger charge is 2.22. The van der Waals surface area contributed by atoms with E-state index >= 15 is 0 Å². The number of hydrogen-bond acceptors (Lipinski definition) is 3. The van der Waals surface area contributed by atoms with Crippen LogP contribution in [-0.4, -0.2) is 43.7 Å². The summed E-state index contributed by atoms with van der Waals surface area (Å²) in [6.45, 7) is 5.84. The molecule has 0 saturated carbocycles. The molecule has 1 aliphatic carbocycles. The summed E-state index contributed by atoms with van der Waals surface area (Å²) in [5, 5.41) is 6.31. The first-order chi connectivity index (χ1) is 10.3. The van der Waals surface area contributed by atoms with Gasteiger partial charge in [0.1, 0.15) is 12.4 Å². The molecule has 2 aliphatic rings. The van der Waals surface area contributed by atoms with Crippen molar-refractivity contribution in [2.24, 2.45) is 0 Å². The SMILES string of the molecule is CCNC1CCc2cc(OCCN3CCNC3=O)ccc21. The lowest BCUT2D eigenvalue weighted by molar-refractivity contribution is 0.202. The van der Waals surface area contributed by atoms with E-state index in [4.69, 9.17) is 4.74 Å². The van der Waals surface area contributed by atoms with Crippen molar-refractivity contribution in [3.63, 3.8) is 0 Å². The Labute approximate surface area is 125 Å². The maximum absolute atomic E-state index is 11.4. The number of nitrogens with one attached hydrogen (secondary N) is 2. The first-order valence-corrected chi connectivity index (χ1v) is 7.79. The number of nitrogens with zero attached hydrogens (tertiary/aromatic N) is 1. The fourth-order valence-corrected chi connectivity index (χ4v) is 3.14. The lowest BCUT2D eigenvalue weighted by Gasteiger charge is -2.15. The van der Waals surface area contributed by atoms with E-state index in [9.17, 15) is 4.79 Å². The molecular weight excluding hydrogens is 266 g/mol. The molecule has 1 aromatic rings. The van der Waals surface area contributed by atoms with Crippen LogP contribution in [0.3, 0.4) is 0 Å². The second-order valence-corrected chi connectivity index (χ2v) is 5.58. The number of benzene rings is 1. The Kier molecular flexibility index (Phi) is 4.29. The third-order valence-corrected chi connectivity index (χ3v) is 4.22. The molecule has 1 atom stereocenters. The number of aryl methyl sites for hydroxylation is 1. The molecule has 1 fully saturated rings. The molecule has 2 amide bonds. The highest BCUT2D eigenvalue weighted by Crippen LogP contribution is 2.33. The maximum atomic E-state index is 11.4. The van der Waals surface area contributed by atoms with Crippen molar-refractivity contribution in [2.45, 2.75) is 25.8 Å². The molecule has 1 saturated heterocycles. The van der Waals surface area contributed by atoms with E-state index in [2.05, 4.69) is 29.7 Å². The number of rotatable bonds is 6. The number of ether oxygens (including phenoxy) is 1. The van der Waals surface area contributed by atoms with Crippen LogP contribution < -0.4 is 15.4 Å². The molecule has 2 N–H and O–H groups in total. The zero-order valence-electron chi connectivity index (χ0n) is 12.5. The van der Waals surface area contributed by atoms with Gasteiger partial charge in [0.25, 0.3) is 0 Å². The average molecular weight is 289 g/mol. The summed E-state index contributed by atoms with van der Waals surface area (Å²) >= 11 is 0. The van der Waals surface area contributed by atoms with Crippen LogP contribution in [0.2, 0.25) is 0 Å². The standard InChI is InChI=1S/C16H23N3O2/c1-2-17-15-6-3-12-11-13(4-5-14(12)15)21-10-9-19-8-7-18-16(19)20/h4-5,11,15,17H,2-3,6-10H2,1H3,(H,18,20). The molecule has 1 aromatic carbocycles. The van der Waals surface area contributed by atoms with E-state index < -0.39 is 0 Å². The van der Waals surface area contributed by atoms with Crippen LogP contribution in [0.15, 0.2) is 18.2 Å². The van der Waals surface area contributed by atoms with Gasteiger partial charge in [-0.15, -0.1) is 0 Å². The Morgan fingerprint density at radius 3 is 3.14 bits per heavy atom. The molecule has 1 aliphatic heterocycles. The van der Waals surface area contributed by atoms with Crippen molar-refractivity contribution in [1.82, 2.24) is 15.5 Å². The highest BCUT2D eigenvalue weighted by atomic mass is 16.5. The topological polar surface area (TPSA) is 53.6 Å². The summed E-state index contributed by atoms with van der Waals surface area (Å²) in [6.07, 6.45) is 2.28. The second-order valence-electron chi connectivity index (χ2n) is 5.58. The number of amides is 2. The molecule has 1 heterocycles. The fraction of sp³-hybridized carbons (Fsp3) is 0.562. The Balaban J connectivity index is 1.54. The number of fused-ring (bicyclic) bond motifs is 1. The van der Waals surface area contributed by atoms with E-state index in [1.807, 2.05) is 6.07 Å². The van der Waals surface area contributed by atoms with Gasteiger partial charge in [-0.2, -0.15) is 0 Å². The normalized spacial score (nSPS) is 20.5. The zero-order valence-corrected chi connectivity index (χ0v) is 12.5. The summed E-state index contributed by atoms with van der Waals surface area (Å²) in [7, 11) is 0. The molecule has 0 radical (unpaired) electrons. The monoisotopic (exact) mass is 289 g/mol. The predicted octanol–water partition coefficient (Wildman–Crippen LogP) is 1.69. The predicted molar refractivity (Wildman–Crippen MR) is 81.6 cm³/mol. The minimum atomic E-state index is 0.0148. The average Bonchev–Trinajstić information content (AvgIpc) is 3.07. The van der Waals surface area contributed by atoms with Gasteiger partial charge in [0.05, 0.1) is 6.54 Å². The zero-order chi connectivity index (χ0) is 14.7. The first-order valence-electron chi connectivity index (χ1n) is 7.79. The first kappa shape index (κ1) is 14.2. The highest BCUT2D eigenvalue weighted by molar-refractivity contribution is 5.76. The van der Waals surface area contributed by atoms with Crippen LogP contribution in [0.1, 0.15) is 30.5 Å². The van der Waals surface area contributed by atoms with E-state index in [0.717, 1.165) is 31.8 Å². The minimum absolute atomic E-state index is 0.0148. The number of carbonyl (C=O) groups is 1. The number of urea groups is 1. The van der Waals surface area contributed by atoms with Crippen LogP contribution in [0.25, 0.3) is 0 Å². The lowest BCUT2D eigenvalue weighted by atomic mass is 10.1. The third kappa shape index (κ3) is 3.13. The van der Waals surface area contributed by atoms with Crippen LogP contribution >= 0.6 is 0 Å². The van der Waals surface area contributed by atoms with Gasteiger partial charge in [0.2, 0.25) is 0 Å². The van der Waals surface area contributed by atoms with Crippen LogP contribution in [0.4, 0.5) is 4.79 Å². The van der Waals surface area contributed by atoms with Crippen molar-refractivity contribution in [1.29, 1.82) is 0 Å². The van der Waals surface area contributed by atoms with E-state index in [0.29, 0.717) is 19.2 Å². The van der Waals surface area contributed by atoms with Crippen molar-refractivity contribution < 1.29 is 9.53 Å². The molecule has 21 heavy (non-hydrogen) atoms. The summed E-state index contributed by atoms with van der Waals surface area (Å²) in [5.41, 5.74) is 2.79. The summed E-state index contributed by atoms with van der Waals surface area (Å²) in [6, 6.07) is 6.87. The molecule has 1 unspecified atom stereocenters. The van der Waals surface area contributed by atoms with Gasteiger partial charge < -0.3 is 20.3 Å². The molecule has 5 nitrogen and oxygen atoms in total. The Bertz CT molecular complexity index is 518. The third-order valence-electron chi connectivity index (χ3n) is 4.22. The van der Waals surface area contributed by atoms with E-state index in [1.165, 1.54) is 17.5 Å². The van der Waals surface area contributed by atoms with E-state index in [-0.39, 0.29) is 6.03 Å². The van der Waals surface area contributed by atoms with Crippen molar-refractivity contribution in [2.75, 3.05) is 32.8 Å². The van der Waals surface area contributed by atoms with Crippen molar-refractivity contribution >= 4 is 6.03 Å². The summed E-state index contributed by atoms with van der Waals surface area (Å²) in [4.78, 5) is 13.2.